The Morgan fingerprint density at radius 3 is 2.67 bits per heavy atom. The molecule has 2 fully saturated rings. The first-order valence-corrected chi connectivity index (χ1v) is 7.30. The van der Waals surface area contributed by atoms with Crippen molar-refractivity contribution >= 4 is 15.8 Å². The van der Waals surface area contributed by atoms with Gasteiger partial charge in [-0.1, -0.05) is 0 Å². The van der Waals surface area contributed by atoms with Crippen molar-refractivity contribution in [2.24, 2.45) is 5.92 Å². The van der Waals surface area contributed by atoms with Gasteiger partial charge in [0.2, 0.25) is 10.0 Å². The van der Waals surface area contributed by atoms with Gasteiger partial charge >= 0.3 is 0 Å². The molecule has 2 aliphatic rings. The lowest BCUT2D eigenvalue weighted by atomic mass is 9.91. The first kappa shape index (κ1) is 11.9. The van der Waals surface area contributed by atoms with Crippen LogP contribution in [-0.2, 0) is 10.0 Å². The summed E-state index contributed by atoms with van der Waals surface area (Å²) in [6.45, 7) is 0.322. The first-order valence-electron chi connectivity index (χ1n) is 5.86. The Kier molecular flexibility index (Phi) is 2.42. The Hall–Kier alpha value is -1.18. The fourth-order valence-electron chi connectivity index (χ4n) is 2.37. The summed E-state index contributed by atoms with van der Waals surface area (Å²) in [5.74, 6) is 0.259. The Morgan fingerprint density at radius 2 is 2.11 bits per heavy atom. The molecule has 1 aromatic rings. The Bertz CT molecular complexity index is 577. The van der Waals surface area contributed by atoms with Crippen molar-refractivity contribution in [1.82, 2.24) is 9.29 Å². The van der Waals surface area contributed by atoms with E-state index in [0.29, 0.717) is 0 Å². The molecule has 1 aliphatic heterocycles. The summed E-state index contributed by atoms with van der Waals surface area (Å²) in [7, 11) is -3.62. The molecule has 0 amide bonds. The van der Waals surface area contributed by atoms with Gasteiger partial charge in [-0.3, -0.25) is 0 Å². The van der Waals surface area contributed by atoms with Crippen molar-refractivity contribution in [2.75, 3.05) is 18.8 Å². The highest BCUT2D eigenvalue weighted by molar-refractivity contribution is 7.89. The zero-order valence-electron chi connectivity index (χ0n) is 9.78. The number of β-amino-alcohol motifs (C(OH)–C–C–N with tert-alkyl or cyclic N) is 1. The molecule has 7 heteroatoms. The maximum atomic E-state index is 12.3. The summed E-state index contributed by atoms with van der Waals surface area (Å²) >= 11 is 0. The summed E-state index contributed by atoms with van der Waals surface area (Å²) in [5, 5.41) is 10.1. The monoisotopic (exact) mass is 269 g/mol. The second-order valence-corrected chi connectivity index (χ2v) is 6.94. The highest BCUT2D eigenvalue weighted by Crippen LogP contribution is 2.46. The van der Waals surface area contributed by atoms with E-state index in [1.54, 1.807) is 0 Å². The Labute approximate surface area is 105 Å². The summed E-state index contributed by atoms with van der Waals surface area (Å²) in [6, 6.07) is 2.97. The van der Waals surface area contributed by atoms with Crippen molar-refractivity contribution in [1.29, 1.82) is 0 Å². The maximum Gasteiger partial charge on any atom is 0.246 e. The van der Waals surface area contributed by atoms with Gasteiger partial charge in [-0.25, -0.2) is 13.4 Å². The van der Waals surface area contributed by atoms with Crippen LogP contribution in [0.4, 0.5) is 5.82 Å². The van der Waals surface area contributed by atoms with Crippen LogP contribution >= 0.6 is 0 Å². The second-order valence-electron chi connectivity index (χ2n) is 5.04. The summed E-state index contributed by atoms with van der Waals surface area (Å²) < 4.78 is 25.8. The van der Waals surface area contributed by atoms with E-state index in [-0.39, 0.29) is 29.7 Å². The number of anilines is 1. The molecule has 6 nitrogen and oxygen atoms in total. The lowest BCUT2D eigenvalue weighted by molar-refractivity contribution is -0.0764. The number of nitrogens with zero attached hydrogens (tertiary/aromatic N) is 2. The van der Waals surface area contributed by atoms with Crippen LogP contribution in [0.25, 0.3) is 0 Å². The fraction of sp³-hybridized carbons (Fsp3) is 0.545. The number of hydrogen-bond acceptors (Lipinski definition) is 5. The lowest BCUT2D eigenvalue weighted by Crippen LogP contribution is -2.64. The van der Waals surface area contributed by atoms with E-state index < -0.39 is 15.6 Å². The molecule has 1 aliphatic carbocycles. The zero-order valence-corrected chi connectivity index (χ0v) is 10.6. The molecule has 3 rings (SSSR count). The Balaban J connectivity index is 1.83. The molecule has 1 saturated carbocycles. The van der Waals surface area contributed by atoms with Crippen LogP contribution in [0.3, 0.4) is 0 Å². The molecule has 3 N–H and O–H groups in total. The minimum atomic E-state index is -3.62. The molecule has 1 saturated heterocycles. The van der Waals surface area contributed by atoms with Crippen molar-refractivity contribution in [3.8, 4) is 0 Å². The van der Waals surface area contributed by atoms with E-state index in [1.165, 1.54) is 22.6 Å². The Morgan fingerprint density at radius 1 is 1.44 bits per heavy atom. The van der Waals surface area contributed by atoms with Crippen molar-refractivity contribution in [3.05, 3.63) is 18.3 Å². The fourth-order valence-corrected chi connectivity index (χ4v) is 4.01. The molecule has 0 spiro atoms. The third kappa shape index (κ3) is 1.70. The van der Waals surface area contributed by atoms with E-state index in [1.807, 2.05) is 0 Å². The normalized spacial score (nSPS) is 23.6. The molecule has 1 aromatic heterocycles. The number of nitrogens with two attached hydrogens (primary N) is 1. The summed E-state index contributed by atoms with van der Waals surface area (Å²) in [6.07, 6.45) is 3.42. The molecule has 0 unspecified atom stereocenters. The average molecular weight is 269 g/mol. The molecule has 0 aromatic carbocycles. The summed E-state index contributed by atoms with van der Waals surface area (Å²) in [4.78, 5) is 3.80. The molecule has 0 bridgehead atoms. The topological polar surface area (TPSA) is 96.5 Å². The molecule has 18 heavy (non-hydrogen) atoms. The lowest BCUT2D eigenvalue weighted by Gasteiger charge is -2.45. The van der Waals surface area contributed by atoms with Gasteiger partial charge < -0.3 is 10.8 Å². The minimum absolute atomic E-state index is 0.000591. The largest absolute Gasteiger partial charge is 0.387 e. The second kappa shape index (κ2) is 3.66. The first-order chi connectivity index (χ1) is 8.43. The van der Waals surface area contributed by atoms with Crippen molar-refractivity contribution in [2.45, 2.75) is 23.3 Å². The van der Waals surface area contributed by atoms with Crippen LogP contribution in [0.5, 0.6) is 0 Å². The van der Waals surface area contributed by atoms with Gasteiger partial charge in [0.1, 0.15) is 10.7 Å². The van der Waals surface area contributed by atoms with Gasteiger partial charge in [0.25, 0.3) is 0 Å². The maximum absolute atomic E-state index is 12.3. The number of hydrogen-bond donors (Lipinski definition) is 2. The number of sulfonamides is 1. The number of aromatic nitrogens is 1. The smallest absolute Gasteiger partial charge is 0.246 e. The molecule has 0 radical (unpaired) electrons. The SMILES string of the molecule is Nc1ncccc1S(=O)(=O)N1CC(O)(C2CC2)C1. The predicted octanol–water partition coefficient (Wildman–Crippen LogP) is -0.191. The third-order valence-electron chi connectivity index (χ3n) is 3.66. The van der Waals surface area contributed by atoms with Crippen LogP contribution in [-0.4, -0.2) is 41.5 Å². The van der Waals surface area contributed by atoms with Gasteiger partial charge in [0, 0.05) is 19.3 Å². The van der Waals surface area contributed by atoms with Crippen LogP contribution in [0.1, 0.15) is 12.8 Å². The van der Waals surface area contributed by atoms with Crippen molar-refractivity contribution in [3.63, 3.8) is 0 Å². The molecular formula is C11H15N3O3S. The van der Waals surface area contributed by atoms with Crippen LogP contribution in [0.2, 0.25) is 0 Å². The van der Waals surface area contributed by atoms with E-state index in [9.17, 15) is 13.5 Å². The van der Waals surface area contributed by atoms with Gasteiger partial charge in [-0.05, 0) is 30.9 Å². The zero-order chi connectivity index (χ0) is 13.0. The number of aliphatic hydroxyl groups is 1. The van der Waals surface area contributed by atoms with Crippen molar-refractivity contribution < 1.29 is 13.5 Å². The molecule has 2 heterocycles. The quantitative estimate of drug-likeness (QED) is 0.792. The van der Waals surface area contributed by atoms with Crippen LogP contribution < -0.4 is 5.73 Å². The van der Waals surface area contributed by atoms with Gasteiger partial charge in [0.15, 0.2) is 0 Å². The van der Waals surface area contributed by atoms with Gasteiger partial charge in [-0.15, -0.1) is 0 Å². The van der Waals surface area contributed by atoms with Gasteiger partial charge in [0.05, 0.1) is 5.60 Å². The number of nitrogen functional groups attached to an aromatic ring is 1. The average Bonchev–Trinajstić information content (AvgIpc) is 3.09. The van der Waals surface area contributed by atoms with Crippen LogP contribution in [0, 0.1) is 5.92 Å². The molecular weight excluding hydrogens is 254 g/mol. The number of rotatable bonds is 3. The highest BCUT2D eigenvalue weighted by atomic mass is 32.2. The molecule has 0 atom stereocenters. The number of pyridine rings is 1. The standard InChI is InChI=1S/C11H15N3O3S/c12-10-9(2-1-5-13-10)18(16,17)14-6-11(15,7-14)8-3-4-8/h1-2,5,8,15H,3-4,6-7H2,(H2,12,13). The third-order valence-corrected chi connectivity index (χ3v) is 5.49. The van der Waals surface area contributed by atoms with Gasteiger partial charge in [-0.2, -0.15) is 4.31 Å². The minimum Gasteiger partial charge on any atom is -0.387 e. The highest BCUT2D eigenvalue weighted by Gasteiger charge is 2.55. The molecule has 98 valence electrons. The summed E-state index contributed by atoms with van der Waals surface area (Å²) in [5.41, 5.74) is 4.75. The van der Waals surface area contributed by atoms with Crippen LogP contribution in [0.15, 0.2) is 23.2 Å². The van der Waals surface area contributed by atoms with E-state index >= 15 is 0 Å². The van der Waals surface area contributed by atoms with E-state index in [4.69, 9.17) is 5.73 Å². The van der Waals surface area contributed by atoms with E-state index in [2.05, 4.69) is 4.98 Å². The van der Waals surface area contributed by atoms with E-state index in [0.717, 1.165) is 12.8 Å². The predicted molar refractivity (Wildman–Crippen MR) is 65.1 cm³/mol.